The van der Waals surface area contributed by atoms with Gasteiger partial charge in [0.25, 0.3) is 0 Å². The second kappa shape index (κ2) is 8.59. The van der Waals surface area contributed by atoms with Crippen molar-refractivity contribution in [3.8, 4) is 0 Å². The van der Waals surface area contributed by atoms with E-state index in [9.17, 15) is 24.9 Å². The Morgan fingerprint density at radius 2 is 1.79 bits per heavy atom. The van der Waals surface area contributed by atoms with Crippen LogP contribution in [0.5, 0.6) is 0 Å². The minimum absolute atomic E-state index is 0.0121. The van der Waals surface area contributed by atoms with Gasteiger partial charge in [-0.25, -0.2) is 0 Å². The molecule has 0 spiro atoms. The van der Waals surface area contributed by atoms with Gasteiger partial charge in [0.15, 0.2) is 5.76 Å². The van der Waals surface area contributed by atoms with Gasteiger partial charge in [-0.2, -0.15) is 0 Å². The highest BCUT2D eigenvalue weighted by Crippen LogP contribution is 2.08. The highest BCUT2D eigenvalue weighted by Gasteiger charge is 2.27. The van der Waals surface area contributed by atoms with Gasteiger partial charge >= 0.3 is 5.97 Å². The maximum atomic E-state index is 11.1. The first-order valence-corrected chi connectivity index (χ1v) is 5.52. The van der Waals surface area contributed by atoms with Gasteiger partial charge in [-0.1, -0.05) is 0 Å². The van der Waals surface area contributed by atoms with Crippen LogP contribution in [0.15, 0.2) is 12.0 Å². The summed E-state index contributed by atoms with van der Waals surface area (Å²) in [5, 5.41) is 45.4. The third-order valence-electron chi connectivity index (χ3n) is 2.20. The molecule has 0 aliphatic heterocycles. The number of esters is 1. The first kappa shape index (κ1) is 17.5. The van der Waals surface area contributed by atoms with Crippen LogP contribution in [0.2, 0.25) is 0 Å². The van der Waals surface area contributed by atoms with Crippen LogP contribution in [0, 0.1) is 0 Å². The minimum Gasteiger partial charge on any atom is -0.506 e. The van der Waals surface area contributed by atoms with E-state index in [2.05, 4.69) is 4.74 Å². The molecule has 3 atom stereocenters. The van der Waals surface area contributed by atoms with Gasteiger partial charge in [-0.05, 0) is 6.92 Å². The van der Waals surface area contributed by atoms with E-state index in [0.717, 1.165) is 0 Å². The zero-order valence-corrected chi connectivity index (χ0v) is 10.4. The molecule has 0 unspecified atom stereocenters. The molecule has 0 heterocycles. The van der Waals surface area contributed by atoms with Crippen molar-refractivity contribution in [2.24, 2.45) is 0 Å². The monoisotopic (exact) mass is 278 g/mol. The molecule has 0 aliphatic rings. The average molecular weight is 278 g/mol. The van der Waals surface area contributed by atoms with E-state index < -0.39 is 36.6 Å². The number of hydrogen-bond donors (Lipinski definition) is 5. The van der Waals surface area contributed by atoms with Crippen molar-refractivity contribution in [1.82, 2.24) is 0 Å². The van der Waals surface area contributed by atoms with E-state index in [1.807, 2.05) is 0 Å². The molecule has 110 valence electrons. The number of aliphatic hydroxyl groups is 5. The van der Waals surface area contributed by atoms with Crippen molar-refractivity contribution in [2.75, 3.05) is 6.61 Å². The van der Waals surface area contributed by atoms with Crippen LogP contribution in [0.3, 0.4) is 0 Å². The molecule has 5 N–H and O–H groups in total. The van der Waals surface area contributed by atoms with Crippen LogP contribution in [-0.4, -0.2) is 62.2 Å². The predicted molar refractivity (Wildman–Crippen MR) is 61.8 cm³/mol. The van der Waals surface area contributed by atoms with Gasteiger partial charge in [0, 0.05) is 6.42 Å². The Balaban J connectivity index is 4.32. The number of aliphatic hydroxyl groups excluding tert-OH is 5. The number of ether oxygens (including phenoxy) is 1. The Hall–Kier alpha value is -1.48. The normalized spacial score (nSPS) is 16.6. The molecule has 0 bridgehead atoms. The summed E-state index contributed by atoms with van der Waals surface area (Å²) in [6, 6.07) is 0. The lowest BCUT2D eigenvalue weighted by atomic mass is 10.1. The minimum atomic E-state index is -1.91. The molecular weight excluding hydrogens is 260 g/mol. The fraction of sp³-hybridized carbons (Fsp3) is 0.636. The fourth-order valence-corrected chi connectivity index (χ4v) is 1.03. The summed E-state index contributed by atoms with van der Waals surface area (Å²) in [5.41, 5.74) is 0. The third kappa shape index (κ3) is 6.87. The molecule has 0 aromatic carbocycles. The molecule has 0 fully saturated rings. The number of carbonyl (C=O) groups is 2. The maximum Gasteiger partial charge on any atom is 0.311 e. The number of carbonyl (C=O) groups excluding carboxylic acids is 2. The highest BCUT2D eigenvalue weighted by molar-refractivity contribution is 5.81. The van der Waals surface area contributed by atoms with Crippen LogP contribution in [-0.2, 0) is 14.3 Å². The van der Waals surface area contributed by atoms with Crippen molar-refractivity contribution in [3.05, 3.63) is 12.0 Å². The number of hydrogen-bond acceptors (Lipinski definition) is 8. The van der Waals surface area contributed by atoms with Gasteiger partial charge in [0.1, 0.15) is 30.4 Å². The molecule has 8 heteroatoms. The summed E-state index contributed by atoms with van der Waals surface area (Å²) in [6.07, 6.45) is -5.10. The quantitative estimate of drug-likeness (QED) is 0.263. The van der Waals surface area contributed by atoms with E-state index in [0.29, 0.717) is 6.26 Å². The Kier molecular flexibility index (Phi) is 7.92. The summed E-state index contributed by atoms with van der Waals surface area (Å²) < 4.78 is 4.42. The standard InChI is InChI=1S/C11H18O8/c1-6(13)2-3-9(16)19-5-8(15)11(18)10(17)7(14)4-12/h5,7,10-12,14-15,17-18H,2-4H2,1H3/t7-,10-,11-/m1/s1. The lowest BCUT2D eigenvalue weighted by Gasteiger charge is -2.20. The zero-order valence-electron chi connectivity index (χ0n) is 10.4. The predicted octanol–water partition coefficient (Wildman–Crippen LogP) is -1.63. The highest BCUT2D eigenvalue weighted by atomic mass is 16.5. The van der Waals surface area contributed by atoms with Gasteiger partial charge in [0.2, 0.25) is 0 Å². The smallest absolute Gasteiger partial charge is 0.311 e. The largest absolute Gasteiger partial charge is 0.506 e. The third-order valence-corrected chi connectivity index (χ3v) is 2.20. The SMILES string of the molecule is CC(=O)CCC(=O)OC=C(O)[C@@H](O)[C@H](O)[C@H](O)CO. The maximum absolute atomic E-state index is 11.1. The lowest BCUT2D eigenvalue weighted by molar-refractivity contribution is -0.139. The van der Waals surface area contributed by atoms with Crippen LogP contribution in [0.25, 0.3) is 0 Å². The van der Waals surface area contributed by atoms with Crippen molar-refractivity contribution in [3.63, 3.8) is 0 Å². The molecule has 0 radical (unpaired) electrons. The molecule has 0 aromatic rings. The summed E-state index contributed by atoms with van der Waals surface area (Å²) >= 11 is 0. The first-order chi connectivity index (χ1) is 8.79. The molecule has 0 saturated heterocycles. The van der Waals surface area contributed by atoms with Crippen LogP contribution < -0.4 is 0 Å². The van der Waals surface area contributed by atoms with Gasteiger partial charge < -0.3 is 35.1 Å². The van der Waals surface area contributed by atoms with Gasteiger partial charge in [-0.15, -0.1) is 0 Å². The van der Waals surface area contributed by atoms with E-state index >= 15 is 0 Å². The van der Waals surface area contributed by atoms with E-state index in [1.165, 1.54) is 6.92 Å². The second-order valence-electron chi connectivity index (χ2n) is 3.92. The topological polar surface area (TPSA) is 145 Å². The van der Waals surface area contributed by atoms with Crippen LogP contribution in [0.1, 0.15) is 19.8 Å². The molecule has 0 aliphatic carbocycles. The Labute approximate surface area is 109 Å². The molecule has 19 heavy (non-hydrogen) atoms. The van der Waals surface area contributed by atoms with E-state index in [1.54, 1.807) is 0 Å². The average Bonchev–Trinajstić information content (AvgIpc) is 2.39. The molecule has 0 amide bonds. The van der Waals surface area contributed by atoms with E-state index in [-0.39, 0.29) is 18.6 Å². The van der Waals surface area contributed by atoms with E-state index in [4.69, 9.17) is 10.2 Å². The Morgan fingerprint density at radius 1 is 1.21 bits per heavy atom. The van der Waals surface area contributed by atoms with Crippen molar-refractivity contribution in [1.29, 1.82) is 0 Å². The number of ketones is 1. The number of rotatable bonds is 8. The summed E-state index contributed by atoms with van der Waals surface area (Å²) in [4.78, 5) is 21.7. The molecule has 0 rings (SSSR count). The van der Waals surface area contributed by atoms with Crippen LogP contribution in [0.4, 0.5) is 0 Å². The van der Waals surface area contributed by atoms with Crippen molar-refractivity contribution in [2.45, 2.75) is 38.1 Å². The Bertz CT molecular complexity index is 338. The van der Waals surface area contributed by atoms with Gasteiger partial charge in [-0.3, -0.25) is 4.79 Å². The first-order valence-electron chi connectivity index (χ1n) is 5.52. The number of Topliss-reactive ketones (excluding diaryl/α,β-unsaturated/α-hetero) is 1. The van der Waals surface area contributed by atoms with Crippen molar-refractivity contribution >= 4 is 11.8 Å². The van der Waals surface area contributed by atoms with Gasteiger partial charge in [0.05, 0.1) is 13.0 Å². The second-order valence-corrected chi connectivity index (χ2v) is 3.92. The van der Waals surface area contributed by atoms with Crippen LogP contribution >= 0.6 is 0 Å². The summed E-state index contributed by atoms with van der Waals surface area (Å²) in [5.74, 6) is -1.89. The Morgan fingerprint density at radius 3 is 2.26 bits per heavy atom. The van der Waals surface area contributed by atoms with Crippen molar-refractivity contribution < 1.29 is 39.9 Å². The molecule has 8 nitrogen and oxygen atoms in total. The molecule has 0 saturated carbocycles. The molecular formula is C11H18O8. The summed E-state index contributed by atoms with van der Waals surface area (Å²) in [7, 11) is 0. The fourth-order valence-electron chi connectivity index (χ4n) is 1.03. The summed E-state index contributed by atoms with van der Waals surface area (Å²) in [6.45, 7) is 0.487. The lowest BCUT2D eigenvalue weighted by Crippen LogP contribution is -2.40. The zero-order chi connectivity index (χ0) is 15.0. The molecule has 0 aromatic heterocycles.